The van der Waals surface area contributed by atoms with Crippen molar-refractivity contribution < 1.29 is 9.53 Å². The van der Waals surface area contributed by atoms with E-state index in [0.29, 0.717) is 11.2 Å². The van der Waals surface area contributed by atoms with Crippen molar-refractivity contribution in [3.63, 3.8) is 0 Å². The summed E-state index contributed by atoms with van der Waals surface area (Å²) in [4.78, 5) is 29.8. The van der Waals surface area contributed by atoms with E-state index in [1.165, 1.54) is 6.07 Å². The average molecular weight is 260 g/mol. The van der Waals surface area contributed by atoms with Crippen LogP contribution in [-0.2, 0) is 16.0 Å². The van der Waals surface area contributed by atoms with Crippen LogP contribution in [0.25, 0.3) is 10.9 Å². The van der Waals surface area contributed by atoms with Crippen LogP contribution < -0.4 is 5.56 Å². The molecule has 2 rings (SSSR count). The Morgan fingerprint density at radius 1 is 1.37 bits per heavy atom. The smallest absolute Gasteiger partial charge is 0.312 e. The quantitative estimate of drug-likeness (QED) is 0.836. The third-order valence-electron chi connectivity index (χ3n) is 2.41. The molecule has 2 aromatic rings. The van der Waals surface area contributed by atoms with Crippen LogP contribution in [0, 0.1) is 0 Å². The third-order valence-corrected chi connectivity index (χ3v) is 2.41. The maximum Gasteiger partial charge on any atom is 0.312 e. The number of H-pyrrole nitrogens is 1. The van der Waals surface area contributed by atoms with Gasteiger partial charge in [0.15, 0.2) is 0 Å². The molecule has 0 aliphatic carbocycles. The molecular weight excluding hydrogens is 244 g/mol. The lowest BCUT2D eigenvalue weighted by Gasteiger charge is -2.19. The zero-order chi connectivity index (χ0) is 14.0. The number of hydrogen-bond donors (Lipinski definition) is 1. The van der Waals surface area contributed by atoms with E-state index in [-0.39, 0.29) is 17.9 Å². The number of esters is 1. The lowest BCUT2D eigenvalue weighted by Crippen LogP contribution is -2.25. The number of hydrogen-bond acceptors (Lipinski definition) is 4. The molecule has 0 unspecified atom stereocenters. The zero-order valence-electron chi connectivity index (χ0n) is 11.2. The molecule has 0 aliphatic rings. The van der Waals surface area contributed by atoms with E-state index in [1.54, 1.807) is 18.3 Å². The molecule has 0 radical (unpaired) electrons. The van der Waals surface area contributed by atoms with Crippen molar-refractivity contribution in [2.75, 3.05) is 0 Å². The number of nitrogens with zero attached hydrogens (tertiary/aromatic N) is 1. The first-order chi connectivity index (χ1) is 8.83. The molecule has 0 bridgehead atoms. The van der Waals surface area contributed by atoms with Crippen LogP contribution in [0.3, 0.4) is 0 Å². The van der Waals surface area contributed by atoms with E-state index in [4.69, 9.17) is 4.74 Å². The first-order valence-electron chi connectivity index (χ1n) is 6.03. The molecule has 0 fully saturated rings. The molecule has 100 valence electrons. The highest BCUT2D eigenvalue weighted by Gasteiger charge is 2.17. The summed E-state index contributed by atoms with van der Waals surface area (Å²) in [7, 11) is 0. The van der Waals surface area contributed by atoms with Crippen LogP contribution in [0.5, 0.6) is 0 Å². The van der Waals surface area contributed by atoms with E-state index in [0.717, 1.165) is 5.39 Å². The molecule has 5 heteroatoms. The molecule has 0 atom stereocenters. The molecule has 0 saturated carbocycles. The molecular formula is C14H16N2O3. The van der Waals surface area contributed by atoms with Crippen molar-refractivity contribution in [3.8, 4) is 0 Å². The number of nitrogens with one attached hydrogen (secondary N) is 1. The molecule has 5 nitrogen and oxygen atoms in total. The van der Waals surface area contributed by atoms with E-state index in [2.05, 4.69) is 9.97 Å². The van der Waals surface area contributed by atoms with Gasteiger partial charge in [0.25, 0.3) is 0 Å². The van der Waals surface area contributed by atoms with E-state index in [1.807, 2.05) is 20.8 Å². The molecule has 2 heterocycles. The van der Waals surface area contributed by atoms with Gasteiger partial charge >= 0.3 is 5.97 Å². The van der Waals surface area contributed by atoms with Crippen LogP contribution in [0.4, 0.5) is 0 Å². The largest absolute Gasteiger partial charge is 0.460 e. The Morgan fingerprint density at radius 2 is 2.11 bits per heavy atom. The van der Waals surface area contributed by atoms with Gasteiger partial charge < -0.3 is 9.72 Å². The van der Waals surface area contributed by atoms with E-state index < -0.39 is 5.60 Å². The Bertz CT molecular complexity index is 668. The van der Waals surface area contributed by atoms with Crippen molar-refractivity contribution in [1.29, 1.82) is 0 Å². The maximum atomic E-state index is 11.7. The highest BCUT2D eigenvalue weighted by molar-refractivity contribution is 5.79. The first-order valence-corrected chi connectivity index (χ1v) is 6.03. The number of pyridine rings is 2. The summed E-state index contributed by atoms with van der Waals surface area (Å²) < 4.78 is 5.23. The van der Waals surface area contributed by atoms with Crippen molar-refractivity contribution in [2.45, 2.75) is 32.8 Å². The summed E-state index contributed by atoms with van der Waals surface area (Å²) in [5.41, 5.74) is 0.550. The van der Waals surface area contributed by atoms with Gasteiger partial charge in [-0.05, 0) is 32.9 Å². The average Bonchev–Trinajstić information content (AvgIpc) is 2.25. The summed E-state index contributed by atoms with van der Waals surface area (Å²) in [6, 6.07) is 4.83. The molecule has 0 saturated heterocycles. The van der Waals surface area contributed by atoms with E-state index in [9.17, 15) is 9.59 Å². The Labute approximate surface area is 110 Å². The Hall–Kier alpha value is -2.17. The summed E-state index contributed by atoms with van der Waals surface area (Å²) in [6.45, 7) is 5.45. The van der Waals surface area contributed by atoms with Gasteiger partial charge in [-0.1, -0.05) is 0 Å². The molecule has 0 aliphatic heterocycles. The summed E-state index contributed by atoms with van der Waals surface area (Å²) in [5.74, 6) is -0.336. The van der Waals surface area contributed by atoms with Crippen LogP contribution in [-0.4, -0.2) is 21.5 Å². The van der Waals surface area contributed by atoms with Crippen LogP contribution in [0.2, 0.25) is 0 Å². The van der Waals surface area contributed by atoms with Crippen molar-refractivity contribution in [3.05, 3.63) is 40.4 Å². The minimum Gasteiger partial charge on any atom is -0.460 e. The number of carbonyl (C=O) groups is 1. The molecule has 0 amide bonds. The molecule has 19 heavy (non-hydrogen) atoms. The maximum absolute atomic E-state index is 11.7. The first kappa shape index (κ1) is 13.3. The van der Waals surface area contributed by atoms with Gasteiger partial charge in [0.2, 0.25) is 5.56 Å². The monoisotopic (exact) mass is 260 g/mol. The summed E-state index contributed by atoms with van der Waals surface area (Å²) >= 11 is 0. The fourth-order valence-corrected chi connectivity index (χ4v) is 1.71. The lowest BCUT2D eigenvalue weighted by atomic mass is 10.2. The van der Waals surface area contributed by atoms with Gasteiger partial charge in [-0.3, -0.25) is 14.6 Å². The Kier molecular flexibility index (Phi) is 3.38. The fraction of sp³-hybridized carbons (Fsp3) is 0.357. The topological polar surface area (TPSA) is 72.1 Å². The van der Waals surface area contributed by atoms with Gasteiger partial charge in [0.05, 0.1) is 17.6 Å². The van der Waals surface area contributed by atoms with Gasteiger partial charge in [-0.25, -0.2) is 0 Å². The summed E-state index contributed by atoms with van der Waals surface area (Å²) in [6.07, 6.45) is 1.72. The van der Waals surface area contributed by atoms with Crippen LogP contribution >= 0.6 is 0 Å². The second kappa shape index (κ2) is 4.84. The highest BCUT2D eigenvalue weighted by atomic mass is 16.6. The number of rotatable bonds is 2. The number of fused-ring (bicyclic) bond motifs is 1. The van der Waals surface area contributed by atoms with Gasteiger partial charge in [0.1, 0.15) is 5.60 Å². The molecule has 0 aromatic carbocycles. The van der Waals surface area contributed by atoms with Crippen molar-refractivity contribution in [1.82, 2.24) is 9.97 Å². The van der Waals surface area contributed by atoms with Gasteiger partial charge in [0, 0.05) is 17.6 Å². The number of ether oxygens (including phenoxy) is 1. The SMILES string of the molecule is CC(C)(C)OC(=O)Cc1cc2[nH]c(=O)ccc2cn1. The molecule has 1 N–H and O–H groups in total. The standard InChI is InChI=1S/C14H16N2O3/c1-14(2,3)19-13(18)7-10-6-11-9(8-15-10)4-5-12(17)16-11/h4-6,8H,7H2,1-3H3,(H,16,17). The predicted molar refractivity (Wildman–Crippen MR) is 71.9 cm³/mol. The van der Waals surface area contributed by atoms with E-state index >= 15 is 0 Å². The van der Waals surface area contributed by atoms with Crippen molar-refractivity contribution in [2.24, 2.45) is 0 Å². The van der Waals surface area contributed by atoms with Crippen LogP contribution in [0.15, 0.2) is 29.2 Å². The Morgan fingerprint density at radius 3 is 2.79 bits per heavy atom. The zero-order valence-corrected chi connectivity index (χ0v) is 11.2. The normalized spacial score (nSPS) is 11.5. The third kappa shape index (κ3) is 3.64. The summed E-state index contributed by atoms with van der Waals surface area (Å²) in [5, 5.41) is 0.826. The highest BCUT2D eigenvalue weighted by Crippen LogP contribution is 2.12. The second-order valence-corrected chi connectivity index (χ2v) is 5.35. The molecule has 2 aromatic heterocycles. The molecule has 0 spiro atoms. The van der Waals surface area contributed by atoms with Gasteiger partial charge in [-0.15, -0.1) is 0 Å². The minimum absolute atomic E-state index is 0.0874. The van der Waals surface area contributed by atoms with Crippen molar-refractivity contribution >= 4 is 16.9 Å². The number of aromatic amines is 1. The number of carbonyl (C=O) groups excluding carboxylic acids is 1. The Balaban J connectivity index is 2.22. The minimum atomic E-state index is -0.512. The second-order valence-electron chi connectivity index (χ2n) is 5.35. The van der Waals surface area contributed by atoms with Crippen LogP contribution in [0.1, 0.15) is 26.5 Å². The fourth-order valence-electron chi connectivity index (χ4n) is 1.71. The van der Waals surface area contributed by atoms with Gasteiger partial charge in [-0.2, -0.15) is 0 Å². The predicted octanol–water partition coefficient (Wildman–Crippen LogP) is 1.81. The lowest BCUT2D eigenvalue weighted by molar-refractivity contribution is -0.153. The number of aromatic nitrogens is 2.